The molecule has 1 atom stereocenters. The van der Waals surface area contributed by atoms with Gasteiger partial charge in [-0.1, -0.05) is 61.2 Å². The first-order chi connectivity index (χ1) is 13.7. The molecule has 0 spiro atoms. The Hall–Kier alpha value is -3.38. The molecule has 6 heteroatoms. The highest BCUT2D eigenvalue weighted by Gasteiger charge is 2.39. The van der Waals surface area contributed by atoms with E-state index in [1.807, 2.05) is 36.4 Å². The van der Waals surface area contributed by atoms with Gasteiger partial charge in [0.1, 0.15) is 12.4 Å². The van der Waals surface area contributed by atoms with E-state index in [0.29, 0.717) is 21.9 Å². The fourth-order valence-corrected chi connectivity index (χ4v) is 4.01. The predicted octanol–water partition coefficient (Wildman–Crippen LogP) is 5.31. The van der Waals surface area contributed by atoms with Crippen LogP contribution in [0.25, 0.3) is 6.08 Å². The Bertz CT molecular complexity index is 1010. The summed E-state index contributed by atoms with van der Waals surface area (Å²) >= 11 is 1.33. The summed E-state index contributed by atoms with van der Waals surface area (Å²) in [5, 5.41) is 1.69. The van der Waals surface area contributed by atoms with Crippen LogP contribution < -0.4 is 9.64 Å². The number of ether oxygens (including phenoxy) is 2. The Morgan fingerprint density at radius 1 is 1.14 bits per heavy atom. The van der Waals surface area contributed by atoms with Gasteiger partial charge in [0.25, 0.3) is 0 Å². The minimum absolute atomic E-state index is 0.211. The first kappa shape index (κ1) is 18.0. The van der Waals surface area contributed by atoms with Crippen LogP contribution in [-0.4, -0.2) is 18.7 Å². The van der Waals surface area contributed by atoms with Crippen molar-refractivity contribution in [1.82, 2.24) is 0 Å². The van der Waals surface area contributed by atoms with Crippen molar-refractivity contribution in [3.8, 4) is 5.75 Å². The Morgan fingerprint density at radius 2 is 1.82 bits per heavy atom. The molecular weight excluding hydrogens is 374 g/mol. The Balaban J connectivity index is 1.74. The molecule has 5 nitrogen and oxygen atoms in total. The van der Waals surface area contributed by atoms with Crippen molar-refractivity contribution in [2.45, 2.75) is 6.04 Å². The third kappa shape index (κ3) is 3.30. The maximum atomic E-state index is 12.8. The van der Waals surface area contributed by atoms with Gasteiger partial charge in [0.2, 0.25) is 0 Å². The third-order valence-electron chi connectivity index (χ3n) is 4.45. The average molecular weight is 391 g/mol. The molecule has 1 saturated heterocycles. The first-order valence-electron chi connectivity index (χ1n) is 8.71. The van der Waals surface area contributed by atoms with Crippen LogP contribution in [0.15, 0.2) is 72.6 Å². The maximum absolute atomic E-state index is 12.8. The predicted molar refractivity (Wildman–Crippen MR) is 109 cm³/mol. The van der Waals surface area contributed by atoms with Gasteiger partial charge in [0.15, 0.2) is 0 Å². The molecule has 0 unspecified atom stereocenters. The number of carbonyl (C=O) groups excluding carboxylic acids is 2. The van der Waals surface area contributed by atoms with E-state index in [1.165, 1.54) is 16.2 Å². The fourth-order valence-electron chi connectivity index (χ4n) is 3.14. The van der Waals surface area contributed by atoms with Crippen molar-refractivity contribution in [1.29, 1.82) is 0 Å². The number of hydrogen-bond acceptors (Lipinski definition) is 5. The van der Waals surface area contributed by atoms with E-state index in [-0.39, 0.29) is 12.6 Å². The standard InChI is InChI=1S/C22H17NO4S/c1-2-19-20(17(14-28-19)21(24)27-16-11-7-4-8-12-16)23-18(13-26-22(23)25)15-9-5-3-6-10-15/h2-12,14,18H,1,13H2/t18-/m0/s1. The zero-order valence-corrected chi connectivity index (χ0v) is 15.7. The summed E-state index contributed by atoms with van der Waals surface area (Å²) in [4.78, 5) is 27.6. The SMILES string of the molecule is C=Cc1scc(C(=O)Oc2ccccc2)c1N1C(=O)OC[C@H]1c1ccccc1. The van der Waals surface area contributed by atoms with E-state index in [0.717, 1.165) is 5.56 Å². The van der Waals surface area contributed by atoms with Crippen LogP contribution in [0.5, 0.6) is 5.75 Å². The van der Waals surface area contributed by atoms with Crippen LogP contribution in [0.1, 0.15) is 26.8 Å². The molecule has 1 aromatic heterocycles. The van der Waals surface area contributed by atoms with Gasteiger partial charge in [-0.3, -0.25) is 4.90 Å². The summed E-state index contributed by atoms with van der Waals surface area (Å²) in [7, 11) is 0. The summed E-state index contributed by atoms with van der Waals surface area (Å²) in [5.74, 6) is -0.0922. The molecule has 28 heavy (non-hydrogen) atoms. The molecule has 1 amide bonds. The van der Waals surface area contributed by atoms with Crippen molar-refractivity contribution in [2.75, 3.05) is 11.5 Å². The highest BCUT2D eigenvalue weighted by molar-refractivity contribution is 7.12. The van der Waals surface area contributed by atoms with E-state index in [4.69, 9.17) is 9.47 Å². The van der Waals surface area contributed by atoms with Gasteiger partial charge in [-0.25, -0.2) is 9.59 Å². The van der Waals surface area contributed by atoms with Crippen LogP contribution in [-0.2, 0) is 4.74 Å². The molecule has 3 aromatic rings. The number of cyclic esters (lactones) is 1. The lowest BCUT2D eigenvalue weighted by atomic mass is 10.1. The number of hydrogen-bond donors (Lipinski definition) is 0. The molecule has 4 rings (SSSR count). The van der Waals surface area contributed by atoms with Gasteiger partial charge >= 0.3 is 12.1 Å². The van der Waals surface area contributed by atoms with E-state index < -0.39 is 12.1 Å². The molecule has 1 fully saturated rings. The van der Waals surface area contributed by atoms with Gasteiger partial charge in [-0.05, 0) is 17.7 Å². The van der Waals surface area contributed by atoms with Gasteiger partial charge in [0.05, 0.1) is 22.2 Å². The van der Waals surface area contributed by atoms with E-state index in [1.54, 1.807) is 35.7 Å². The Morgan fingerprint density at radius 3 is 2.50 bits per heavy atom. The molecule has 1 aliphatic rings. The van der Waals surface area contributed by atoms with Crippen LogP contribution in [0.3, 0.4) is 0 Å². The van der Waals surface area contributed by atoms with Crippen LogP contribution in [0.2, 0.25) is 0 Å². The molecule has 0 N–H and O–H groups in total. The zero-order chi connectivity index (χ0) is 19.5. The van der Waals surface area contributed by atoms with Gasteiger partial charge in [0, 0.05) is 5.38 Å². The minimum atomic E-state index is -0.530. The highest BCUT2D eigenvalue weighted by atomic mass is 32.1. The summed E-state index contributed by atoms with van der Waals surface area (Å²) in [6.45, 7) is 4.03. The van der Waals surface area contributed by atoms with Crippen molar-refractivity contribution in [2.24, 2.45) is 0 Å². The van der Waals surface area contributed by atoms with Gasteiger partial charge in [-0.2, -0.15) is 0 Å². The largest absolute Gasteiger partial charge is 0.447 e. The molecule has 2 aromatic carbocycles. The van der Waals surface area contributed by atoms with Crippen LogP contribution in [0, 0.1) is 0 Å². The minimum Gasteiger partial charge on any atom is -0.447 e. The first-order valence-corrected chi connectivity index (χ1v) is 9.59. The molecule has 0 saturated carbocycles. The van der Waals surface area contributed by atoms with Crippen molar-refractivity contribution in [3.63, 3.8) is 0 Å². The second-order valence-corrected chi connectivity index (χ2v) is 7.05. The lowest BCUT2D eigenvalue weighted by molar-refractivity contribution is 0.0736. The van der Waals surface area contributed by atoms with Gasteiger partial charge < -0.3 is 9.47 Å². The number of carbonyl (C=O) groups is 2. The Labute approximate surface area is 166 Å². The topological polar surface area (TPSA) is 55.8 Å². The monoisotopic (exact) mass is 391 g/mol. The molecule has 2 heterocycles. The maximum Gasteiger partial charge on any atom is 0.415 e. The average Bonchev–Trinajstić information content (AvgIpc) is 3.32. The summed E-state index contributed by atoms with van der Waals surface area (Å²) in [5.41, 5.74) is 1.71. The molecule has 0 aliphatic carbocycles. The zero-order valence-electron chi connectivity index (χ0n) is 14.9. The number of para-hydroxylation sites is 1. The number of esters is 1. The van der Waals surface area contributed by atoms with E-state index in [2.05, 4.69) is 6.58 Å². The number of anilines is 1. The molecule has 140 valence electrons. The molecule has 1 aliphatic heterocycles. The fraction of sp³-hybridized carbons (Fsp3) is 0.0909. The summed E-state index contributed by atoms with van der Waals surface area (Å²) in [6, 6.07) is 18.1. The van der Waals surface area contributed by atoms with Crippen molar-refractivity contribution < 1.29 is 19.1 Å². The van der Waals surface area contributed by atoms with E-state index >= 15 is 0 Å². The normalized spacial score (nSPS) is 15.9. The number of amides is 1. The van der Waals surface area contributed by atoms with Crippen LogP contribution in [0.4, 0.5) is 10.5 Å². The number of benzene rings is 2. The Kier molecular flexibility index (Phi) is 4.95. The number of thiophene rings is 1. The molecular formula is C22H17NO4S. The van der Waals surface area contributed by atoms with Crippen LogP contribution >= 0.6 is 11.3 Å². The summed E-state index contributed by atoms with van der Waals surface area (Å²) < 4.78 is 10.8. The number of nitrogens with zero attached hydrogens (tertiary/aromatic N) is 1. The van der Waals surface area contributed by atoms with E-state index in [9.17, 15) is 9.59 Å². The lowest BCUT2D eigenvalue weighted by Gasteiger charge is -2.23. The van der Waals surface area contributed by atoms with Crippen molar-refractivity contribution in [3.05, 3.63) is 88.6 Å². The number of rotatable bonds is 5. The third-order valence-corrected chi connectivity index (χ3v) is 5.42. The van der Waals surface area contributed by atoms with Gasteiger partial charge in [-0.15, -0.1) is 11.3 Å². The second kappa shape index (κ2) is 7.70. The summed E-state index contributed by atoms with van der Waals surface area (Å²) in [6.07, 6.45) is 1.14. The lowest BCUT2D eigenvalue weighted by Crippen LogP contribution is -2.29. The molecule has 0 radical (unpaired) electrons. The second-order valence-electron chi connectivity index (χ2n) is 6.14. The quantitative estimate of drug-likeness (QED) is 0.437. The van der Waals surface area contributed by atoms with Crippen molar-refractivity contribution >= 4 is 35.2 Å². The smallest absolute Gasteiger partial charge is 0.415 e. The molecule has 0 bridgehead atoms. The highest BCUT2D eigenvalue weighted by Crippen LogP contribution is 2.41.